The molecular weight excluding hydrogens is 624 g/mol. The number of methoxy groups -OCH3 is 1. The first kappa shape index (κ1) is 35.4. The van der Waals surface area contributed by atoms with Gasteiger partial charge in [0, 0.05) is 23.2 Å². The highest BCUT2D eigenvalue weighted by Crippen LogP contribution is 2.42. The Labute approximate surface area is 269 Å². The van der Waals surface area contributed by atoms with Crippen molar-refractivity contribution in [2.24, 2.45) is 5.73 Å². The fourth-order valence-corrected chi connectivity index (χ4v) is 5.27. The van der Waals surface area contributed by atoms with E-state index in [1.165, 1.54) is 43.9 Å². The number of nitrogens with zero attached hydrogens (tertiary/aromatic N) is 2. The van der Waals surface area contributed by atoms with Gasteiger partial charge in [-0.1, -0.05) is 6.42 Å². The van der Waals surface area contributed by atoms with Crippen LogP contribution in [0.2, 0.25) is 0 Å². The van der Waals surface area contributed by atoms with E-state index in [0.717, 1.165) is 44.1 Å². The number of carbonyl (C=O) groups excluding carboxylic acids is 2. The normalized spacial score (nSPS) is 15.0. The fourth-order valence-electron chi connectivity index (χ4n) is 5.27. The quantitative estimate of drug-likeness (QED) is 0.217. The Hall–Kier alpha value is -4.43. The van der Waals surface area contributed by atoms with E-state index in [-0.39, 0.29) is 40.5 Å². The highest BCUT2D eigenvalue weighted by Gasteiger charge is 2.56. The number of hydrogen-bond acceptors (Lipinski definition) is 8. The molecule has 10 nitrogen and oxygen atoms in total. The Morgan fingerprint density at radius 2 is 1.72 bits per heavy atom. The third-order valence-electron chi connectivity index (χ3n) is 7.76. The van der Waals surface area contributed by atoms with E-state index >= 15 is 0 Å². The highest BCUT2D eigenvalue weighted by molar-refractivity contribution is 5.95. The van der Waals surface area contributed by atoms with Crippen LogP contribution in [0.4, 0.5) is 17.6 Å². The lowest BCUT2D eigenvalue weighted by molar-refractivity contribution is -0.265. The molecule has 47 heavy (non-hydrogen) atoms. The number of alkyl halides is 3. The van der Waals surface area contributed by atoms with Crippen LogP contribution < -0.4 is 25.3 Å². The van der Waals surface area contributed by atoms with E-state index in [1.807, 2.05) is 0 Å². The van der Waals surface area contributed by atoms with Crippen LogP contribution >= 0.6 is 0 Å². The maximum Gasteiger partial charge on any atom is 0.424 e. The van der Waals surface area contributed by atoms with E-state index < -0.39 is 48.1 Å². The molecule has 3 aromatic rings. The summed E-state index contributed by atoms with van der Waals surface area (Å²) in [6, 6.07) is 9.71. The molecular formula is C33H38F4N4O6. The maximum atomic E-state index is 14.6. The number of halogens is 4. The monoisotopic (exact) mass is 662 g/mol. The summed E-state index contributed by atoms with van der Waals surface area (Å²) < 4.78 is 74.4. The number of aliphatic hydroxyl groups is 1. The molecule has 1 fully saturated rings. The van der Waals surface area contributed by atoms with Crippen LogP contribution in [0.5, 0.6) is 17.2 Å². The summed E-state index contributed by atoms with van der Waals surface area (Å²) in [5.41, 5.74) is 0.555. The van der Waals surface area contributed by atoms with Crippen LogP contribution in [0.1, 0.15) is 47.8 Å². The fraction of sp³-hybridized carbons (Fsp3) is 0.424. The van der Waals surface area contributed by atoms with Crippen molar-refractivity contribution in [2.45, 2.75) is 44.4 Å². The van der Waals surface area contributed by atoms with E-state index in [1.54, 1.807) is 6.92 Å². The van der Waals surface area contributed by atoms with Crippen LogP contribution in [0.15, 0.2) is 48.5 Å². The Morgan fingerprint density at radius 3 is 2.34 bits per heavy atom. The summed E-state index contributed by atoms with van der Waals surface area (Å²) in [4.78, 5) is 31.4. The minimum atomic E-state index is -5.35. The number of likely N-dealkylation sites (tertiary alicyclic amines) is 1. The molecule has 0 spiro atoms. The van der Waals surface area contributed by atoms with E-state index in [0.29, 0.717) is 18.9 Å². The molecule has 1 atom stereocenters. The molecule has 0 bridgehead atoms. The van der Waals surface area contributed by atoms with Gasteiger partial charge >= 0.3 is 6.18 Å². The van der Waals surface area contributed by atoms with Gasteiger partial charge in [0.1, 0.15) is 23.9 Å². The second-order valence-electron chi connectivity index (χ2n) is 11.1. The van der Waals surface area contributed by atoms with Crippen molar-refractivity contribution in [3.63, 3.8) is 0 Å². The average Bonchev–Trinajstić information content (AvgIpc) is 3.04. The Morgan fingerprint density at radius 1 is 1.02 bits per heavy atom. The van der Waals surface area contributed by atoms with Gasteiger partial charge in [-0.25, -0.2) is 9.37 Å². The number of ether oxygens (including phenoxy) is 3. The van der Waals surface area contributed by atoms with Gasteiger partial charge in [0.25, 0.3) is 5.91 Å². The molecule has 1 saturated heterocycles. The number of nitrogens with two attached hydrogens (primary N) is 1. The summed E-state index contributed by atoms with van der Waals surface area (Å²) in [7, 11) is 1.37. The summed E-state index contributed by atoms with van der Waals surface area (Å²) in [5.74, 6) is -1.92. The topological polar surface area (TPSA) is 136 Å². The number of piperidine rings is 1. The van der Waals surface area contributed by atoms with Gasteiger partial charge in [0.05, 0.1) is 32.4 Å². The SMILES string of the molecule is CCOc1c(CC(N)=O)cc([C@@](O)(CNC(=O)c2ccc(OCCN3CCCCC3)c(OC)c2)C(F)(F)F)nc1-c1ccc(F)cc1. The van der Waals surface area contributed by atoms with E-state index in [4.69, 9.17) is 19.9 Å². The van der Waals surface area contributed by atoms with Gasteiger partial charge in [-0.3, -0.25) is 14.5 Å². The molecule has 1 aliphatic heterocycles. The van der Waals surface area contributed by atoms with Crippen molar-refractivity contribution < 1.29 is 46.5 Å². The minimum absolute atomic E-state index is 0.0455. The average molecular weight is 663 g/mol. The molecule has 14 heteroatoms. The number of aromatic nitrogens is 1. The molecule has 1 aliphatic rings. The number of hydrogen-bond donors (Lipinski definition) is 3. The standard InChI is InChI=1S/C33H38F4N4O6/c1-3-46-30-23(19-28(38)42)18-27(40-29(30)21-7-10-24(34)11-8-21)32(44,33(35,36)37)20-39-31(43)22-9-12-25(26(17-22)45-2)47-16-15-41-13-5-4-6-14-41/h7-12,17-18,44H,3-6,13-16,19-20H2,1-2H3,(H2,38,42)(H,39,43)/t32-/m0/s1. The maximum absolute atomic E-state index is 14.6. The van der Waals surface area contributed by atoms with Crippen LogP contribution in [-0.4, -0.2) is 79.5 Å². The largest absolute Gasteiger partial charge is 0.493 e. The van der Waals surface area contributed by atoms with Crippen molar-refractivity contribution in [3.8, 4) is 28.5 Å². The van der Waals surface area contributed by atoms with E-state index in [9.17, 15) is 32.3 Å². The zero-order valence-corrected chi connectivity index (χ0v) is 26.2. The summed E-state index contributed by atoms with van der Waals surface area (Å²) in [6.07, 6.45) is -2.43. The first-order valence-corrected chi connectivity index (χ1v) is 15.2. The molecule has 254 valence electrons. The Bertz CT molecular complexity index is 1550. The Kier molecular flexibility index (Phi) is 11.6. The van der Waals surface area contributed by atoms with Gasteiger partial charge in [0.2, 0.25) is 11.5 Å². The third kappa shape index (κ3) is 8.69. The lowest BCUT2D eigenvalue weighted by atomic mass is 9.93. The summed E-state index contributed by atoms with van der Waals surface area (Å²) in [5, 5.41) is 13.3. The molecule has 0 saturated carbocycles. The molecule has 2 amide bonds. The molecule has 0 radical (unpaired) electrons. The number of nitrogens with one attached hydrogen (secondary N) is 1. The zero-order chi connectivity index (χ0) is 34.2. The van der Waals surface area contributed by atoms with Gasteiger partial charge < -0.3 is 30.4 Å². The number of pyridine rings is 1. The first-order valence-electron chi connectivity index (χ1n) is 15.2. The van der Waals surface area contributed by atoms with Crippen molar-refractivity contribution in [1.82, 2.24) is 15.2 Å². The lowest BCUT2D eigenvalue weighted by Gasteiger charge is -2.31. The van der Waals surface area contributed by atoms with Crippen molar-refractivity contribution in [3.05, 3.63) is 71.2 Å². The Balaban J connectivity index is 1.61. The number of primary amides is 1. The molecule has 0 aliphatic carbocycles. The molecule has 4 N–H and O–H groups in total. The van der Waals surface area contributed by atoms with Crippen LogP contribution in [0.25, 0.3) is 11.3 Å². The van der Waals surface area contributed by atoms with Gasteiger partial charge in [0.15, 0.2) is 11.5 Å². The predicted octanol–water partition coefficient (Wildman–Crippen LogP) is 4.37. The molecule has 2 heterocycles. The smallest absolute Gasteiger partial charge is 0.424 e. The highest BCUT2D eigenvalue weighted by atomic mass is 19.4. The number of rotatable bonds is 14. The molecule has 2 aromatic carbocycles. The van der Waals surface area contributed by atoms with Crippen LogP contribution in [0.3, 0.4) is 0 Å². The van der Waals surface area contributed by atoms with E-state index in [2.05, 4.69) is 15.2 Å². The predicted molar refractivity (Wildman–Crippen MR) is 165 cm³/mol. The lowest BCUT2D eigenvalue weighted by Crippen LogP contribution is -2.51. The minimum Gasteiger partial charge on any atom is -0.493 e. The van der Waals surface area contributed by atoms with Crippen molar-refractivity contribution >= 4 is 11.8 Å². The van der Waals surface area contributed by atoms with Gasteiger partial charge in [-0.15, -0.1) is 0 Å². The molecule has 0 unspecified atom stereocenters. The summed E-state index contributed by atoms with van der Waals surface area (Å²) in [6.45, 7) is 3.41. The molecule has 1 aromatic heterocycles. The van der Waals surface area contributed by atoms with Gasteiger partial charge in [-0.05, 0) is 81.4 Å². The second-order valence-corrected chi connectivity index (χ2v) is 11.1. The number of amides is 2. The molecule has 4 rings (SSSR count). The summed E-state index contributed by atoms with van der Waals surface area (Å²) >= 11 is 0. The number of carbonyl (C=O) groups is 2. The zero-order valence-electron chi connectivity index (χ0n) is 26.2. The first-order chi connectivity index (χ1) is 22.4. The van der Waals surface area contributed by atoms with Crippen molar-refractivity contribution in [2.75, 3.05) is 46.5 Å². The number of benzene rings is 2. The van der Waals surface area contributed by atoms with Gasteiger partial charge in [-0.2, -0.15) is 13.2 Å². The van der Waals surface area contributed by atoms with Crippen molar-refractivity contribution in [1.29, 1.82) is 0 Å². The third-order valence-corrected chi connectivity index (χ3v) is 7.76. The second kappa shape index (κ2) is 15.4. The van der Waals surface area contributed by atoms with Crippen LogP contribution in [-0.2, 0) is 16.8 Å². The van der Waals surface area contributed by atoms with Crippen LogP contribution in [0, 0.1) is 5.82 Å².